The SMILES string of the molecule is O=C(CCCn1ccnc1)NC[C@@H]1COc2ccccc2O1. The number of hydrogen-bond acceptors (Lipinski definition) is 4. The average molecular weight is 301 g/mol. The Bertz CT molecular complexity index is 613. The van der Waals surface area contributed by atoms with Crippen molar-refractivity contribution in [3.05, 3.63) is 43.0 Å². The van der Waals surface area contributed by atoms with Gasteiger partial charge in [0.15, 0.2) is 11.5 Å². The van der Waals surface area contributed by atoms with E-state index in [1.807, 2.05) is 35.0 Å². The van der Waals surface area contributed by atoms with E-state index in [0.717, 1.165) is 24.5 Å². The number of nitrogens with zero attached hydrogens (tertiary/aromatic N) is 2. The summed E-state index contributed by atoms with van der Waals surface area (Å²) in [6.07, 6.45) is 6.51. The number of carbonyl (C=O) groups is 1. The lowest BCUT2D eigenvalue weighted by atomic mass is 10.2. The molecule has 6 heteroatoms. The fraction of sp³-hybridized carbons (Fsp3) is 0.375. The molecule has 0 unspecified atom stereocenters. The molecule has 0 saturated heterocycles. The van der Waals surface area contributed by atoms with E-state index in [0.29, 0.717) is 19.6 Å². The number of rotatable bonds is 6. The monoisotopic (exact) mass is 301 g/mol. The number of aromatic nitrogens is 2. The van der Waals surface area contributed by atoms with Crippen LogP contribution >= 0.6 is 0 Å². The molecule has 0 aliphatic carbocycles. The number of fused-ring (bicyclic) bond motifs is 1. The largest absolute Gasteiger partial charge is 0.486 e. The van der Waals surface area contributed by atoms with Gasteiger partial charge in [-0.1, -0.05) is 12.1 Å². The van der Waals surface area contributed by atoms with Crippen LogP contribution < -0.4 is 14.8 Å². The Morgan fingerprint density at radius 3 is 3.05 bits per heavy atom. The number of imidazole rings is 1. The van der Waals surface area contributed by atoms with Crippen LogP contribution in [0.25, 0.3) is 0 Å². The van der Waals surface area contributed by atoms with Crippen LogP contribution in [0.2, 0.25) is 0 Å². The molecule has 6 nitrogen and oxygen atoms in total. The van der Waals surface area contributed by atoms with Gasteiger partial charge in [-0.3, -0.25) is 4.79 Å². The molecular formula is C16H19N3O3. The number of para-hydroxylation sites is 2. The van der Waals surface area contributed by atoms with Gasteiger partial charge in [0, 0.05) is 25.4 Å². The fourth-order valence-corrected chi connectivity index (χ4v) is 2.32. The second-order valence-corrected chi connectivity index (χ2v) is 5.21. The fourth-order valence-electron chi connectivity index (χ4n) is 2.32. The van der Waals surface area contributed by atoms with E-state index >= 15 is 0 Å². The summed E-state index contributed by atoms with van der Waals surface area (Å²) in [5, 5.41) is 2.89. The van der Waals surface area contributed by atoms with E-state index in [-0.39, 0.29) is 12.0 Å². The number of ether oxygens (including phenoxy) is 2. The quantitative estimate of drug-likeness (QED) is 0.880. The zero-order chi connectivity index (χ0) is 15.2. The van der Waals surface area contributed by atoms with Crippen molar-refractivity contribution >= 4 is 5.91 Å². The highest BCUT2D eigenvalue weighted by molar-refractivity contribution is 5.75. The first-order valence-corrected chi connectivity index (χ1v) is 7.42. The van der Waals surface area contributed by atoms with Crippen molar-refractivity contribution in [1.82, 2.24) is 14.9 Å². The first-order valence-electron chi connectivity index (χ1n) is 7.42. The van der Waals surface area contributed by atoms with Gasteiger partial charge in [-0.05, 0) is 18.6 Å². The molecule has 2 aromatic rings. The molecule has 1 aromatic heterocycles. The maximum atomic E-state index is 11.8. The van der Waals surface area contributed by atoms with Crippen molar-refractivity contribution in [2.45, 2.75) is 25.5 Å². The van der Waals surface area contributed by atoms with Gasteiger partial charge in [-0.2, -0.15) is 0 Å². The van der Waals surface area contributed by atoms with Crippen LogP contribution in [0.5, 0.6) is 11.5 Å². The predicted molar refractivity (Wildman–Crippen MR) is 80.8 cm³/mol. The van der Waals surface area contributed by atoms with E-state index in [9.17, 15) is 4.79 Å². The Morgan fingerprint density at radius 1 is 1.36 bits per heavy atom. The smallest absolute Gasteiger partial charge is 0.220 e. The van der Waals surface area contributed by atoms with E-state index in [1.165, 1.54) is 0 Å². The second-order valence-electron chi connectivity index (χ2n) is 5.21. The summed E-state index contributed by atoms with van der Waals surface area (Å²) in [7, 11) is 0. The highest BCUT2D eigenvalue weighted by atomic mass is 16.6. The van der Waals surface area contributed by atoms with Gasteiger partial charge < -0.3 is 19.4 Å². The molecule has 1 aromatic carbocycles. The minimum absolute atomic E-state index is 0.0302. The lowest BCUT2D eigenvalue weighted by molar-refractivity contribution is -0.121. The standard InChI is InChI=1S/C16H19N3O3/c20-16(6-3-8-19-9-7-17-12-19)18-10-13-11-21-14-4-1-2-5-15(14)22-13/h1-2,4-5,7,9,12-13H,3,6,8,10-11H2,(H,18,20)/t13-/m1/s1. The molecule has 0 spiro atoms. The van der Waals surface area contributed by atoms with E-state index in [2.05, 4.69) is 10.3 Å². The van der Waals surface area contributed by atoms with Crippen molar-refractivity contribution in [1.29, 1.82) is 0 Å². The molecule has 116 valence electrons. The van der Waals surface area contributed by atoms with Crippen molar-refractivity contribution in [3.63, 3.8) is 0 Å². The minimum Gasteiger partial charge on any atom is -0.486 e. The highest BCUT2D eigenvalue weighted by Gasteiger charge is 2.20. The third-order valence-electron chi connectivity index (χ3n) is 3.47. The second kappa shape index (κ2) is 6.98. The number of hydrogen-bond donors (Lipinski definition) is 1. The summed E-state index contributed by atoms with van der Waals surface area (Å²) in [4.78, 5) is 15.8. The van der Waals surface area contributed by atoms with Crippen molar-refractivity contribution in [2.75, 3.05) is 13.2 Å². The molecule has 0 saturated carbocycles. The zero-order valence-electron chi connectivity index (χ0n) is 12.3. The molecule has 0 bridgehead atoms. The van der Waals surface area contributed by atoms with E-state index in [4.69, 9.17) is 9.47 Å². The number of aryl methyl sites for hydroxylation is 1. The van der Waals surface area contributed by atoms with Crippen molar-refractivity contribution in [3.8, 4) is 11.5 Å². The number of amides is 1. The van der Waals surface area contributed by atoms with Crippen molar-refractivity contribution in [2.24, 2.45) is 0 Å². The highest BCUT2D eigenvalue weighted by Crippen LogP contribution is 2.30. The molecule has 1 amide bonds. The van der Waals surface area contributed by atoms with Crippen LogP contribution in [0.15, 0.2) is 43.0 Å². The summed E-state index contributed by atoms with van der Waals surface area (Å²) in [5.41, 5.74) is 0. The summed E-state index contributed by atoms with van der Waals surface area (Å²) >= 11 is 0. The molecule has 0 fully saturated rings. The molecule has 1 N–H and O–H groups in total. The normalized spacial score (nSPS) is 16.3. The van der Waals surface area contributed by atoms with Gasteiger partial charge in [0.25, 0.3) is 0 Å². The molecule has 1 aliphatic rings. The summed E-state index contributed by atoms with van der Waals surface area (Å²) in [5.74, 6) is 1.51. The van der Waals surface area contributed by atoms with Crippen LogP contribution in [0.3, 0.4) is 0 Å². The molecule has 1 aliphatic heterocycles. The lowest BCUT2D eigenvalue weighted by Gasteiger charge is -2.26. The van der Waals surface area contributed by atoms with Gasteiger partial charge in [0.2, 0.25) is 5.91 Å². The average Bonchev–Trinajstić information content (AvgIpc) is 3.06. The summed E-state index contributed by atoms with van der Waals surface area (Å²) in [6.45, 7) is 1.70. The lowest BCUT2D eigenvalue weighted by Crippen LogP contribution is -2.40. The van der Waals surface area contributed by atoms with Gasteiger partial charge in [-0.15, -0.1) is 0 Å². The topological polar surface area (TPSA) is 65.4 Å². The van der Waals surface area contributed by atoms with Gasteiger partial charge >= 0.3 is 0 Å². The maximum absolute atomic E-state index is 11.8. The van der Waals surface area contributed by atoms with E-state index in [1.54, 1.807) is 12.5 Å². The number of benzene rings is 1. The Balaban J connectivity index is 1.37. The van der Waals surface area contributed by atoms with Gasteiger partial charge in [0.1, 0.15) is 12.7 Å². The first-order chi connectivity index (χ1) is 10.8. The predicted octanol–water partition coefficient (Wildman–Crippen LogP) is 1.62. The Kier molecular flexibility index (Phi) is 4.58. The summed E-state index contributed by atoms with van der Waals surface area (Å²) < 4.78 is 13.4. The van der Waals surface area contributed by atoms with Crippen LogP contribution in [0.4, 0.5) is 0 Å². The molecule has 22 heavy (non-hydrogen) atoms. The third-order valence-corrected chi connectivity index (χ3v) is 3.47. The molecular weight excluding hydrogens is 282 g/mol. The maximum Gasteiger partial charge on any atom is 0.220 e. The Hall–Kier alpha value is -2.50. The number of carbonyl (C=O) groups excluding carboxylic acids is 1. The van der Waals surface area contributed by atoms with E-state index < -0.39 is 0 Å². The Morgan fingerprint density at radius 2 is 2.23 bits per heavy atom. The number of nitrogens with one attached hydrogen (secondary N) is 1. The molecule has 3 rings (SSSR count). The van der Waals surface area contributed by atoms with Crippen LogP contribution in [-0.4, -0.2) is 34.7 Å². The molecule has 2 heterocycles. The van der Waals surface area contributed by atoms with Crippen LogP contribution in [0, 0.1) is 0 Å². The first kappa shape index (κ1) is 14.4. The molecule has 1 atom stereocenters. The Labute approximate surface area is 129 Å². The molecule has 0 radical (unpaired) electrons. The third kappa shape index (κ3) is 3.78. The van der Waals surface area contributed by atoms with Crippen molar-refractivity contribution < 1.29 is 14.3 Å². The van der Waals surface area contributed by atoms with Gasteiger partial charge in [0.05, 0.1) is 12.9 Å². The summed E-state index contributed by atoms with van der Waals surface area (Å²) in [6, 6.07) is 7.55. The van der Waals surface area contributed by atoms with Crippen LogP contribution in [-0.2, 0) is 11.3 Å². The van der Waals surface area contributed by atoms with Crippen LogP contribution in [0.1, 0.15) is 12.8 Å². The zero-order valence-corrected chi connectivity index (χ0v) is 12.3. The van der Waals surface area contributed by atoms with Gasteiger partial charge in [-0.25, -0.2) is 4.98 Å². The minimum atomic E-state index is -0.146.